The summed E-state index contributed by atoms with van der Waals surface area (Å²) < 4.78 is 0. The van der Waals surface area contributed by atoms with Gasteiger partial charge in [-0.25, -0.2) is 4.98 Å². The highest BCUT2D eigenvalue weighted by atomic mass is 32.2. The molecule has 0 amide bonds. The number of anilines is 1. The van der Waals surface area contributed by atoms with Gasteiger partial charge in [-0.1, -0.05) is 43.7 Å². The molecule has 1 aliphatic carbocycles. The molecule has 1 heterocycles. The molecule has 2 N–H and O–H groups in total. The molecule has 2 atom stereocenters. The van der Waals surface area contributed by atoms with E-state index in [1.54, 1.807) is 24.2 Å². The summed E-state index contributed by atoms with van der Waals surface area (Å²) in [5, 5.41) is 14.1. The van der Waals surface area contributed by atoms with Crippen molar-refractivity contribution >= 4 is 17.6 Å². The first kappa shape index (κ1) is 16.3. The first-order valence-corrected chi connectivity index (χ1v) is 9.04. The van der Waals surface area contributed by atoms with Crippen LogP contribution in [0.1, 0.15) is 31.7 Å². The summed E-state index contributed by atoms with van der Waals surface area (Å²) in [7, 11) is 0. The fraction of sp³-hybridized carbons (Fsp3) is 0.444. The highest BCUT2D eigenvalue weighted by molar-refractivity contribution is 7.98. The van der Waals surface area contributed by atoms with Gasteiger partial charge in [-0.15, -0.1) is 11.8 Å². The van der Waals surface area contributed by atoms with Gasteiger partial charge in [-0.05, 0) is 18.4 Å². The molecule has 2 unspecified atom stereocenters. The van der Waals surface area contributed by atoms with Crippen molar-refractivity contribution in [2.24, 2.45) is 5.41 Å². The second-order valence-electron chi connectivity index (χ2n) is 6.42. The van der Waals surface area contributed by atoms with Crippen LogP contribution in [0, 0.1) is 5.41 Å². The Morgan fingerprint density at radius 2 is 2.13 bits per heavy atom. The lowest BCUT2D eigenvalue weighted by Crippen LogP contribution is -2.36. The summed E-state index contributed by atoms with van der Waals surface area (Å²) in [6.07, 6.45) is 6.84. The summed E-state index contributed by atoms with van der Waals surface area (Å²) in [6, 6.07) is 10.6. The molecule has 1 aromatic carbocycles. The van der Waals surface area contributed by atoms with Crippen LogP contribution in [-0.2, 0) is 5.75 Å². The van der Waals surface area contributed by atoms with Crippen molar-refractivity contribution in [3.8, 4) is 0 Å². The van der Waals surface area contributed by atoms with Crippen molar-refractivity contribution < 1.29 is 5.11 Å². The molecule has 5 heteroatoms. The summed E-state index contributed by atoms with van der Waals surface area (Å²) in [5.41, 5.74) is 1.22. The monoisotopic (exact) mass is 329 g/mol. The van der Waals surface area contributed by atoms with E-state index >= 15 is 0 Å². The molecule has 1 saturated carbocycles. The number of thioether (sulfide) groups is 1. The average molecular weight is 329 g/mol. The molecule has 122 valence electrons. The number of aromatic nitrogens is 2. The van der Waals surface area contributed by atoms with Gasteiger partial charge in [-0.2, -0.15) is 0 Å². The highest BCUT2D eigenvalue weighted by Gasteiger charge is 2.38. The van der Waals surface area contributed by atoms with E-state index in [9.17, 15) is 5.11 Å². The molecule has 0 saturated heterocycles. The Morgan fingerprint density at radius 3 is 2.91 bits per heavy atom. The molecule has 1 aliphatic rings. The molecule has 0 radical (unpaired) electrons. The predicted molar refractivity (Wildman–Crippen MR) is 94.5 cm³/mol. The van der Waals surface area contributed by atoms with Crippen LogP contribution >= 0.6 is 11.8 Å². The Morgan fingerprint density at radius 1 is 1.30 bits per heavy atom. The molecule has 0 aliphatic heterocycles. The number of nitrogens with one attached hydrogen (secondary N) is 1. The van der Waals surface area contributed by atoms with Crippen molar-refractivity contribution in [1.29, 1.82) is 0 Å². The number of aliphatic hydroxyl groups is 1. The lowest BCUT2D eigenvalue weighted by Gasteiger charge is -2.30. The van der Waals surface area contributed by atoms with Crippen LogP contribution in [0.25, 0.3) is 0 Å². The second kappa shape index (κ2) is 7.32. The lowest BCUT2D eigenvalue weighted by molar-refractivity contribution is 0.139. The van der Waals surface area contributed by atoms with Gasteiger partial charge in [0.1, 0.15) is 10.8 Å². The van der Waals surface area contributed by atoms with Crippen LogP contribution in [0.5, 0.6) is 0 Å². The smallest absolute Gasteiger partial charge is 0.146 e. The molecule has 0 spiro atoms. The number of hydrogen-bond donors (Lipinski definition) is 2. The number of hydrogen-bond acceptors (Lipinski definition) is 5. The Hall–Kier alpha value is -1.59. The van der Waals surface area contributed by atoms with Crippen molar-refractivity contribution in [2.75, 3.05) is 11.9 Å². The molecular formula is C18H23N3OS. The van der Waals surface area contributed by atoms with E-state index in [0.29, 0.717) is 0 Å². The number of benzene rings is 1. The van der Waals surface area contributed by atoms with Crippen molar-refractivity contribution in [3.63, 3.8) is 0 Å². The van der Waals surface area contributed by atoms with Crippen LogP contribution in [-0.4, -0.2) is 27.7 Å². The molecule has 23 heavy (non-hydrogen) atoms. The first-order valence-electron chi connectivity index (χ1n) is 8.06. The van der Waals surface area contributed by atoms with E-state index in [-0.39, 0.29) is 18.1 Å². The standard InChI is InChI=1S/C18H23N3OS/c1-18(13-22)9-5-8-15(18)20-16-10-19-11-17(21-16)23-12-14-6-3-2-4-7-14/h2-4,6-7,10-11,15,22H,5,8-9,12-13H2,1H3,(H,20,21). The Balaban J connectivity index is 1.63. The van der Waals surface area contributed by atoms with E-state index in [2.05, 4.69) is 46.5 Å². The first-order chi connectivity index (χ1) is 11.2. The minimum Gasteiger partial charge on any atom is -0.396 e. The molecule has 2 aromatic rings. The Labute approximate surface area is 141 Å². The van der Waals surface area contributed by atoms with Crippen LogP contribution in [0.2, 0.25) is 0 Å². The number of nitrogens with zero attached hydrogens (tertiary/aromatic N) is 2. The minimum absolute atomic E-state index is 0.0606. The second-order valence-corrected chi connectivity index (χ2v) is 7.41. The predicted octanol–water partition coefficient (Wildman–Crippen LogP) is 3.73. The maximum Gasteiger partial charge on any atom is 0.146 e. The Kier molecular flexibility index (Phi) is 5.18. The molecule has 4 nitrogen and oxygen atoms in total. The topological polar surface area (TPSA) is 58.0 Å². The maximum absolute atomic E-state index is 9.66. The summed E-state index contributed by atoms with van der Waals surface area (Å²) in [5.74, 6) is 1.69. The van der Waals surface area contributed by atoms with Gasteiger partial charge >= 0.3 is 0 Å². The van der Waals surface area contributed by atoms with Gasteiger partial charge in [0.2, 0.25) is 0 Å². The maximum atomic E-state index is 9.66. The van der Waals surface area contributed by atoms with E-state index in [1.807, 2.05) is 6.07 Å². The van der Waals surface area contributed by atoms with E-state index in [0.717, 1.165) is 35.9 Å². The van der Waals surface area contributed by atoms with E-state index in [4.69, 9.17) is 0 Å². The molecule has 3 rings (SSSR count). The third-order valence-electron chi connectivity index (χ3n) is 4.61. The Bertz CT molecular complexity index is 637. The van der Waals surface area contributed by atoms with E-state index in [1.165, 1.54) is 5.56 Å². The summed E-state index contributed by atoms with van der Waals surface area (Å²) >= 11 is 1.69. The quantitative estimate of drug-likeness (QED) is 0.791. The third-order valence-corrected chi connectivity index (χ3v) is 5.58. The normalized spacial score (nSPS) is 23.8. The summed E-state index contributed by atoms with van der Waals surface area (Å²) in [4.78, 5) is 8.96. The fourth-order valence-electron chi connectivity index (χ4n) is 3.07. The van der Waals surface area contributed by atoms with Crippen molar-refractivity contribution in [1.82, 2.24) is 9.97 Å². The highest BCUT2D eigenvalue weighted by Crippen LogP contribution is 2.39. The average Bonchev–Trinajstić information content (AvgIpc) is 2.96. The zero-order valence-corrected chi connectivity index (χ0v) is 14.2. The van der Waals surface area contributed by atoms with Crippen molar-refractivity contribution in [2.45, 2.75) is 43.0 Å². The van der Waals surface area contributed by atoms with Crippen LogP contribution in [0.4, 0.5) is 5.82 Å². The molecule has 1 fully saturated rings. The fourth-order valence-corrected chi connectivity index (χ4v) is 3.87. The molecule has 1 aromatic heterocycles. The zero-order valence-electron chi connectivity index (χ0n) is 13.4. The van der Waals surface area contributed by atoms with Crippen LogP contribution in [0.15, 0.2) is 47.8 Å². The van der Waals surface area contributed by atoms with Gasteiger partial charge in [0.05, 0.1) is 19.0 Å². The van der Waals surface area contributed by atoms with Crippen LogP contribution in [0.3, 0.4) is 0 Å². The van der Waals surface area contributed by atoms with Crippen LogP contribution < -0.4 is 5.32 Å². The van der Waals surface area contributed by atoms with Gasteiger partial charge in [0.25, 0.3) is 0 Å². The minimum atomic E-state index is -0.0606. The SMILES string of the molecule is CC1(CO)CCCC1Nc1cncc(SCc2ccccc2)n1. The van der Waals surface area contributed by atoms with Gasteiger partial charge in [0, 0.05) is 17.2 Å². The molecular weight excluding hydrogens is 306 g/mol. The number of rotatable bonds is 6. The largest absolute Gasteiger partial charge is 0.396 e. The molecule has 0 bridgehead atoms. The van der Waals surface area contributed by atoms with Crippen molar-refractivity contribution in [3.05, 3.63) is 48.3 Å². The van der Waals surface area contributed by atoms with E-state index < -0.39 is 0 Å². The van der Waals surface area contributed by atoms with Gasteiger partial charge in [0.15, 0.2) is 0 Å². The lowest BCUT2D eigenvalue weighted by atomic mass is 9.86. The number of aliphatic hydroxyl groups excluding tert-OH is 1. The summed E-state index contributed by atoms with van der Waals surface area (Å²) in [6.45, 7) is 2.35. The zero-order chi connectivity index (χ0) is 16.1. The van der Waals surface area contributed by atoms with Gasteiger partial charge < -0.3 is 10.4 Å². The van der Waals surface area contributed by atoms with Gasteiger partial charge in [-0.3, -0.25) is 4.98 Å². The third kappa shape index (κ3) is 4.03.